The van der Waals surface area contributed by atoms with E-state index in [0.29, 0.717) is 5.88 Å². The maximum absolute atomic E-state index is 10.3. The van der Waals surface area contributed by atoms with Gasteiger partial charge >= 0.3 is 0 Å². The van der Waals surface area contributed by atoms with E-state index >= 15 is 0 Å². The zero-order valence-electron chi connectivity index (χ0n) is 14.0. The monoisotopic (exact) mass is 352 g/mol. The van der Waals surface area contributed by atoms with Crippen LogP contribution < -0.4 is 4.74 Å². The number of ether oxygens (including phenoxy) is 1. The average Bonchev–Trinajstić information content (AvgIpc) is 3.02. The third kappa shape index (κ3) is 2.53. The average molecular weight is 352 g/mol. The number of aromatic nitrogens is 2. The van der Waals surface area contributed by atoms with Crippen LogP contribution in [0.2, 0.25) is 0 Å². The lowest BCUT2D eigenvalue weighted by atomic mass is 9.89. The molecule has 2 aliphatic carbocycles. The first-order valence-electron chi connectivity index (χ1n) is 9.04. The number of rotatable bonds is 2. The van der Waals surface area contributed by atoms with Crippen molar-refractivity contribution in [2.45, 2.75) is 51.0 Å². The van der Waals surface area contributed by atoms with Crippen LogP contribution in [0.4, 0.5) is 0 Å². The van der Waals surface area contributed by atoms with Gasteiger partial charge < -0.3 is 9.84 Å². The number of aryl methyl sites for hydroxylation is 2. The van der Waals surface area contributed by atoms with Crippen molar-refractivity contribution in [2.75, 3.05) is 0 Å². The number of hydrogen-bond donors (Lipinski definition) is 1. The topological polar surface area (TPSA) is 55.2 Å². The highest BCUT2D eigenvalue weighted by atomic mass is 32.1. The maximum atomic E-state index is 10.3. The summed E-state index contributed by atoms with van der Waals surface area (Å²) in [5.41, 5.74) is 3.50. The smallest absolute Gasteiger partial charge is 0.231 e. The Morgan fingerprint density at radius 1 is 1.04 bits per heavy atom. The fraction of sp³-hybridized carbons (Fsp3) is 0.400. The van der Waals surface area contributed by atoms with E-state index in [0.717, 1.165) is 59.2 Å². The number of fused-ring (bicyclic) bond motifs is 4. The van der Waals surface area contributed by atoms with Gasteiger partial charge in [-0.1, -0.05) is 12.1 Å². The summed E-state index contributed by atoms with van der Waals surface area (Å²) in [6, 6.07) is 5.96. The molecular weight excluding hydrogens is 332 g/mol. The fourth-order valence-corrected chi connectivity index (χ4v) is 5.35. The summed E-state index contributed by atoms with van der Waals surface area (Å²) < 4.78 is 6.31. The van der Waals surface area contributed by atoms with Gasteiger partial charge in [-0.25, -0.2) is 9.97 Å². The highest BCUT2D eigenvalue weighted by Crippen LogP contribution is 2.42. The molecule has 0 unspecified atom stereocenters. The van der Waals surface area contributed by atoms with E-state index in [4.69, 9.17) is 4.74 Å². The molecular formula is C20H20N2O2S. The highest BCUT2D eigenvalue weighted by molar-refractivity contribution is 7.18. The van der Waals surface area contributed by atoms with E-state index in [1.807, 2.05) is 18.2 Å². The molecule has 3 aromatic rings. The molecule has 0 saturated heterocycles. The molecule has 1 N–H and O–H groups in total. The Morgan fingerprint density at radius 3 is 2.88 bits per heavy atom. The van der Waals surface area contributed by atoms with Crippen LogP contribution in [0.15, 0.2) is 24.5 Å². The molecule has 1 aromatic carbocycles. The molecule has 4 nitrogen and oxygen atoms in total. The molecule has 2 heterocycles. The Bertz CT molecular complexity index is 950. The van der Waals surface area contributed by atoms with Crippen molar-refractivity contribution in [3.8, 4) is 11.6 Å². The second kappa shape index (κ2) is 6.07. The summed E-state index contributed by atoms with van der Waals surface area (Å²) >= 11 is 1.78. The van der Waals surface area contributed by atoms with Crippen molar-refractivity contribution in [1.29, 1.82) is 0 Å². The number of aliphatic hydroxyl groups is 1. The zero-order valence-corrected chi connectivity index (χ0v) is 14.8. The van der Waals surface area contributed by atoms with Gasteiger partial charge in [0.05, 0.1) is 11.5 Å². The van der Waals surface area contributed by atoms with Gasteiger partial charge in [0.1, 0.15) is 16.9 Å². The van der Waals surface area contributed by atoms with Crippen LogP contribution >= 0.6 is 11.3 Å². The predicted molar refractivity (Wildman–Crippen MR) is 98.5 cm³/mol. The largest absolute Gasteiger partial charge is 0.438 e. The molecule has 5 heteroatoms. The number of aliphatic hydroxyl groups excluding tert-OH is 1. The summed E-state index contributed by atoms with van der Waals surface area (Å²) in [5.74, 6) is 1.49. The first-order chi connectivity index (χ1) is 12.3. The van der Waals surface area contributed by atoms with Crippen molar-refractivity contribution in [1.82, 2.24) is 9.97 Å². The SMILES string of the molecule is O[C@H]1CCCc2c(Oc3ncnc4sc5c(c34)CCCC5)cccc21. The van der Waals surface area contributed by atoms with Gasteiger partial charge in [-0.15, -0.1) is 11.3 Å². The Kier molecular flexibility index (Phi) is 3.71. The number of hydrogen-bond acceptors (Lipinski definition) is 5. The first kappa shape index (κ1) is 15.3. The van der Waals surface area contributed by atoms with E-state index in [-0.39, 0.29) is 6.10 Å². The molecule has 2 aromatic heterocycles. The molecule has 0 fully saturated rings. The molecule has 128 valence electrons. The lowest BCUT2D eigenvalue weighted by Crippen LogP contribution is -2.10. The van der Waals surface area contributed by atoms with Crippen LogP contribution in [0.3, 0.4) is 0 Å². The Labute approximate surface area is 150 Å². The Balaban J connectivity index is 1.62. The van der Waals surface area contributed by atoms with Gasteiger partial charge in [-0.05, 0) is 62.1 Å². The van der Waals surface area contributed by atoms with Crippen LogP contribution in [0.1, 0.15) is 53.4 Å². The molecule has 0 spiro atoms. The van der Waals surface area contributed by atoms with Gasteiger partial charge in [0.2, 0.25) is 5.88 Å². The van der Waals surface area contributed by atoms with Crippen LogP contribution in [0.5, 0.6) is 11.6 Å². The van der Waals surface area contributed by atoms with Gasteiger partial charge in [0, 0.05) is 10.4 Å². The predicted octanol–water partition coefficient (Wildman–Crippen LogP) is 4.73. The van der Waals surface area contributed by atoms with E-state index in [1.165, 1.54) is 23.3 Å². The molecule has 5 rings (SSSR count). The van der Waals surface area contributed by atoms with Crippen LogP contribution in [0, 0.1) is 0 Å². The lowest BCUT2D eigenvalue weighted by molar-refractivity contribution is 0.156. The number of benzene rings is 1. The second-order valence-corrected chi connectivity index (χ2v) is 7.99. The summed E-state index contributed by atoms with van der Waals surface area (Å²) in [4.78, 5) is 11.4. The van der Waals surface area contributed by atoms with E-state index in [1.54, 1.807) is 17.7 Å². The Hall–Kier alpha value is -1.98. The van der Waals surface area contributed by atoms with Crippen molar-refractivity contribution in [3.05, 3.63) is 46.1 Å². The molecule has 0 radical (unpaired) electrons. The Morgan fingerprint density at radius 2 is 1.92 bits per heavy atom. The minimum atomic E-state index is -0.383. The van der Waals surface area contributed by atoms with Gasteiger partial charge in [0.25, 0.3) is 0 Å². The summed E-state index contributed by atoms with van der Waals surface area (Å²) in [6.45, 7) is 0. The molecule has 0 saturated carbocycles. The fourth-order valence-electron chi connectivity index (χ4n) is 4.13. The molecule has 25 heavy (non-hydrogen) atoms. The van der Waals surface area contributed by atoms with Gasteiger partial charge in [-0.3, -0.25) is 0 Å². The van der Waals surface area contributed by atoms with Crippen LogP contribution in [0.25, 0.3) is 10.2 Å². The van der Waals surface area contributed by atoms with Crippen LogP contribution in [-0.2, 0) is 19.3 Å². The summed E-state index contributed by atoms with van der Waals surface area (Å²) in [6.07, 6.45) is 8.68. The van der Waals surface area contributed by atoms with Gasteiger partial charge in [0.15, 0.2) is 0 Å². The first-order valence-corrected chi connectivity index (χ1v) is 9.86. The van der Waals surface area contributed by atoms with Crippen molar-refractivity contribution in [3.63, 3.8) is 0 Å². The van der Waals surface area contributed by atoms with E-state index < -0.39 is 0 Å². The van der Waals surface area contributed by atoms with Crippen LogP contribution in [-0.4, -0.2) is 15.1 Å². The molecule has 2 aliphatic rings. The minimum absolute atomic E-state index is 0.383. The van der Waals surface area contributed by atoms with Crippen molar-refractivity contribution in [2.24, 2.45) is 0 Å². The third-order valence-electron chi connectivity index (χ3n) is 5.36. The summed E-state index contributed by atoms with van der Waals surface area (Å²) in [5, 5.41) is 11.4. The quantitative estimate of drug-likeness (QED) is 0.724. The molecule has 0 amide bonds. The molecule has 0 aliphatic heterocycles. The number of thiophene rings is 1. The number of nitrogens with zero attached hydrogens (tertiary/aromatic N) is 2. The molecule has 1 atom stereocenters. The van der Waals surface area contributed by atoms with E-state index in [9.17, 15) is 5.11 Å². The maximum Gasteiger partial charge on any atom is 0.231 e. The van der Waals surface area contributed by atoms with Crippen molar-refractivity contribution < 1.29 is 9.84 Å². The summed E-state index contributed by atoms with van der Waals surface area (Å²) in [7, 11) is 0. The normalized spacial score (nSPS) is 19.5. The highest BCUT2D eigenvalue weighted by Gasteiger charge is 2.24. The third-order valence-corrected chi connectivity index (χ3v) is 6.56. The van der Waals surface area contributed by atoms with Gasteiger partial charge in [-0.2, -0.15) is 0 Å². The zero-order chi connectivity index (χ0) is 16.8. The lowest BCUT2D eigenvalue weighted by Gasteiger charge is -2.23. The van der Waals surface area contributed by atoms with E-state index in [2.05, 4.69) is 9.97 Å². The molecule has 0 bridgehead atoms. The van der Waals surface area contributed by atoms with Crippen molar-refractivity contribution >= 4 is 21.6 Å². The standard InChI is InChI=1S/C20H20N2O2S/c23-15-8-3-7-13-12(15)6-4-9-16(13)24-19-18-14-5-1-2-10-17(14)25-20(18)22-11-21-19/h4,6,9,11,15,23H,1-3,5,7-8,10H2/t15-/m0/s1. The minimum Gasteiger partial charge on any atom is -0.438 e. The second-order valence-electron chi connectivity index (χ2n) is 6.90.